The van der Waals surface area contributed by atoms with Gasteiger partial charge in [0.15, 0.2) is 0 Å². The van der Waals surface area contributed by atoms with Gasteiger partial charge in [-0.15, -0.1) is 0 Å². The summed E-state index contributed by atoms with van der Waals surface area (Å²) in [5.74, 6) is 0. The first-order valence-corrected chi connectivity index (χ1v) is 9.37. The Kier molecular flexibility index (Phi) is 3.99. The molecule has 0 unspecified atom stereocenters. The van der Waals surface area contributed by atoms with Crippen LogP contribution in [0.2, 0.25) is 0 Å². The zero-order chi connectivity index (χ0) is 18.5. The molecule has 2 aromatic carbocycles. The van der Waals surface area contributed by atoms with Crippen molar-refractivity contribution >= 4 is 26.7 Å². The second kappa shape index (κ2) is 5.77. The number of imidazole rings is 1. The summed E-state index contributed by atoms with van der Waals surface area (Å²) in [5, 5.41) is 0. The van der Waals surface area contributed by atoms with E-state index in [-0.39, 0.29) is 10.6 Å². The highest BCUT2D eigenvalue weighted by molar-refractivity contribution is 7.92. The van der Waals surface area contributed by atoms with Crippen molar-refractivity contribution in [2.24, 2.45) is 14.1 Å². The van der Waals surface area contributed by atoms with E-state index in [0.717, 1.165) is 11.1 Å². The standard InChI is InChI=1S/C18H21N3O3S/c1-11-7-6-8-14(13(11)3)19-25(23,24)17-10-16-15(9-12(17)2)20(4)18(22)21(16)5/h6-10,19H,1-5H3. The molecule has 0 amide bonds. The Balaban J connectivity index is 2.17. The van der Waals surface area contributed by atoms with E-state index in [1.54, 1.807) is 39.2 Å². The number of aryl methyl sites for hydroxylation is 4. The third-order valence-electron chi connectivity index (χ3n) is 4.71. The Morgan fingerprint density at radius 1 is 0.920 bits per heavy atom. The molecule has 3 aromatic rings. The van der Waals surface area contributed by atoms with Gasteiger partial charge in [0, 0.05) is 14.1 Å². The molecule has 0 aliphatic heterocycles. The van der Waals surface area contributed by atoms with Gasteiger partial charge in [-0.25, -0.2) is 13.2 Å². The molecular formula is C18H21N3O3S. The lowest BCUT2D eigenvalue weighted by atomic mass is 10.1. The van der Waals surface area contributed by atoms with Crippen LogP contribution in [0.3, 0.4) is 0 Å². The zero-order valence-electron chi connectivity index (χ0n) is 14.9. The number of hydrogen-bond donors (Lipinski definition) is 1. The van der Waals surface area contributed by atoms with E-state index < -0.39 is 10.0 Å². The number of hydrogen-bond acceptors (Lipinski definition) is 3. The van der Waals surface area contributed by atoms with Crippen LogP contribution in [0, 0.1) is 20.8 Å². The maximum Gasteiger partial charge on any atom is 0.328 e. The van der Waals surface area contributed by atoms with Crippen LogP contribution in [0.1, 0.15) is 16.7 Å². The van der Waals surface area contributed by atoms with Crippen molar-refractivity contribution in [2.45, 2.75) is 25.7 Å². The van der Waals surface area contributed by atoms with Crippen molar-refractivity contribution in [2.75, 3.05) is 4.72 Å². The SMILES string of the molecule is Cc1cc2c(cc1S(=O)(=O)Nc1cccc(C)c1C)n(C)c(=O)n2C. The molecule has 1 N–H and O–H groups in total. The number of anilines is 1. The van der Waals surface area contributed by atoms with Crippen molar-refractivity contribution in [1.29, 1.82) is 0 Å². The Labute approximate surface area is 146 Å². The first kappa shape index (κ1) is 17.3. The van der Waals surface area contributed by atoms with Gasteiger partial charge in [-0.3, -0.25) is 13.9 Å². The van der Waals surface area contributed by atoms with Crippen molar-refractivity contribution in [3.8, 4) is 0 Å². The molecule has 25 heavy (non-hydrogen) atoms. The van der Waals surface area contributed by atoms with E-state index in [1.807, 2.05) is 26.0 Å². The predicted molar refractivity (Wildman–Crippen MR) is 99.6 cm³/mol. The number of rotatable bonds is 3. The summed E-state index contributed by atoms with van der Waals surface area (Å²) in [6, 6.07) is 8.78. The molecule has 0 aliphatic rings. The average Bonchev–Trinajstić information content (AvgIpc) is 2.75. The Morgan fingerprint density at radius 3 is 2.16 bits per heavy atom. The fourth-order valence-corrected chi connectivity index (χ4v) is 4.35. The maximum atomic E-state index is 12.9. The zero-order valence-corrected chi connectivity index (χ0v) is 15.7. The van der Waals surface area contributed by atoms with Crippen LogP contribution in [0.5, 0.6) is 0 Å². The lowest BCUT2D eigenvalue weighted by molar-refractivity contribution is 0.600. The van der Waals surface area contributed by atoms with Crippen LogP contribution >= 0.6 is 0 Å². The number of aromatic nitrogens is 2. The molecule has 0 radical (unpaired) electrons. The van der Waals surface area contributed by atoms with E-state index in [1.165, 1.54) is 9.13 Å². The topological polar surface area (TPSA) is 73.1 Å². The molecule has 0 atom stereocenters. The third-order valence-corrected chi connectivity index (χ3v) is 6.21. The Morgan fingerprint density at radius 2 is 1.52 bits per heavy atom. The van der Waals surface area contributed by atoms with Crippen LogP contribution in [0.4, 0.5) is 5.69 Å². The highest BCUT2D eigenvalue weighted by Gasteiger charge is 2.21. The summed E-state index contributed by atoms with van der Waals surface area (Å²) >= 11 is 0. The molecule has 6 nitrogen and oxygen atoms in total. The van der Waals surface area contributed by atoms with Gasteiger partial charge in [-0.05, 0) is 55.7 Å². The molecule has 0 fully saturated rings. The van der Waals surface area contributed by atoms with Gasteiger partial charge in [-0.2, -0.15) is 0 Å². The smallest absolute Gasteiger partial charge is 0.295 e. The normalized spacial score (nSPS) is 11.9. The molecule has 1 heterocycles. The minimum Gasteiger partial charge on any atom is -0.295 e. The fourth-order valence-electron chi connectivity index (χ4n) is 2.98. The minimum atomic E-state index is -3.77. The largest absolute Gasteiger partial charge is 0.328 e. The van der Waals surface area contributed by atoms with Crippen LogP contribution in [-0.2, 0) is 24.1 Å². The average molecular weight is 359 g/mol. The fraction of sp³-hybridized carbons (Fsp3) is 0.278. The number of benzene rings is 2. The van der Waals surface area contributed by atoms with Crippen LogP contribution < -0.4 is 10.4 Å². The van der Waals surface area contributed by atoms with Crippen molar-refractivity contribution in [3.05, 3.63) is 57.5 Å². The van der Waals surface area contributed by atoms with Gasteiger partial charge in [0.2, 0.25) is 0 Å². The first-order valence-electron chi connectivity index (χ1n) is 7.88. The summed E-state index contributed by atoms with van der Waals surface area (Å²) in [5.41, 5.74) is 4.14. The summed E-state index contributed by atoms with van der Waals surface area (Å²) in [6.07, 6.45) is 0. The van der Waals surface area contributed by atoms with E-state index in [4.69, 9.17) is 0 Å². The van der Waals surface area contributed by atoms with Gasteiger partial charge in [0.05, 0.1) is 21.6 Å². The number of fused-ring (bicyclic) bond motifs is 1. The second-order valence-corrected chi connectivity index (χ2v) is 8.01. The third kappa shape index (κ3) is 2.74. The molecule has 1 aromatic heterocycles. The lowest BCUT2D eigenvalue weighted by Gasteiger charge is -2.14. The quantitative estimate of drug-likeness (QED) is 0.781. The number of nitrogens with one attached hydrogen (secondary N) is 1. The highest BCUT2D eigenvalue weighted by atomic mass is 32.2. The number of nitrogens with zero attached hydrogens (tertiary/aromatic N) is 2. The van der Waals surface area contributed by atoms with Gasteiger partial charge in [0.1, 0.15) is 0 Å². The summed E-state index contributed by atoms with van der Waals surface area (Å²) in [6.45, 7) is 5.54. The molecule has 0 saturated heterocycles. The lowest BCUT2D eigenvalue weighted by Crippen LogP contribution is -2.19. The van der Waals surface area contributed by atoms with Gasteiger partial charge in [-0.1, -0.05) is 12.1 Å². The molecule has 7 heteroatoms. The van der Waals surface area contributed by atoms with Crippen molar-refractivity contribution in [1.82, 2.24) is 9.13 Å². The monoisotopic (exact) mass is 359 g/mol. The van der Waals surface area contributed by atoms with Gasteiger partial charge in [0.25, 0.3) is 10.0 Å². The molecule has 132 valence electrons. The van der Waals surface area contributed by atoms with Crippen LogP contribution in [0.25, 0.3) is 11.0 Å². The van der Waals surface area contributed by atoms with Crippen molar-refractivity contribution < 1.29 is 8.42 Å². The minimum absolute atomic E-state index is 0.169. The van der Waals surface area contributed by atoms with Crippen LogP contribution in [-0.4, -0.2) is 17.6 Å². The summed E-state index contributed by atoms with van der Waals surface area (Å²) in [4.78, 5) is 12.3. The molecule has 0 aliphatic carbocycles. The second-order valence-electron chi connectivity index (χ2n) is 6.36. The van der Waals surface area contributed by atoms with E-state index in [0.29, 0.717) is 22.3 Å². The highest BCUT2D eigenvalue weighted by Crippen LogP contribution is 2.26. The molecule has 3 rings (SSSR count). The van der Waals surface area contributed by atoms with Crippen LogP contribution in [0.15, 0.2) is 40.0 Å². The van der Waals surface area contributed by atoms with Crippen molar-refractivity contribution in [3.63, 3.8) is 0 Å². The molecule has 0 saturated carbocycles. The van der Waals surface area contributed by atoms with E-state index >= 15 is 0 Å². The molecular weight excluding hydrogens is 338 g/mol. The summed E-state index contributed by atoms with van der Waals surface area (Å²) < 4.78 is 31.5. The molecule has 0 bridgehead atoms. The first-order chi connectivity index (χ1) is 11.6. The Bertz CT molecular complexity index is 1150. The van der Waals surface area contributed by atoms with E-state index in [2.05, 4.69) is 4.72 Å². The Hall–Kier alpha value is -2.54. The summed E-state index contributed by atoms with van der Waals surface area (Å²) in [7, 11) is -0.463. The van der Waals surface area contributed by atoms with E-state index in [9.17, 15) is 13.2 Å². The maximum absolute atomic E-state index is 12.9. The van der Waals surface area contributed by atoms with Gasteiger partial charge >= 0.3 is 5.69 Å². The predicted octanol–water partition coefficient (Wildman–Crippen LogP) is 2.60. The van der Waals surface area contributed by atoms with Gasteiger partial charge < -0.3 is 0 Å². The number of sulfonamides is 1. The molecule has 0 spiro atoms.